The van der Waals surface area contributed by atoms with Crippen LogP contribution in [0.1, 0.15) is 25.7 Å². The molecule has 2 fully saturated rings. The van der Waals surface area contributed by atoms with E-state index in [0.717, 1.165) is 24.1 Å². The van der Waals surface area contributed by atoms with Gasteiger partial charge in [-0.15, -0.1) is 24.2 Å². The van der Waals surface area contributed by atoms with Gasteiger partial charge >= 0.3 is 0 Å². The molecule has 0 spiro atoms. The van der Waals surface area contributed by atoms with Crippen LogP contribution in [0, 0.1) is 5.92 Å². The van der Waals surface area contributed by atoms with Gasteiger partial charge in [0.15, 0.2) is 0 Å². The van der Waals surface area contributed by atoms with Crippen LogP contribution in [0.4, 0.5) is 0 Å². The Morgan fingerprint density at radius 1 is 1.40 bits per heavy atom. The van der Waals surface area contributed by atoms with Crippen molar-refractivity contribution in [2.45, 2.75) is 31.7 Å². The molecule has 0 aromatic rings. The third-order valence-corrected chi connectivity index (χ3v) is 4.01. The van der Waals surface area contributed by atoms with Crippen LogP contribution >= 0.6 is 24.2 Å². The van der Waals surface area contributed by atoms with Crippen molar-refractivity contribution >= 4 is 30.1 Å². The summed E-state index contributed by atoms with van der Waals surface area (Å²) < 4.78 is 0. The Balaban J connectivity index is 0.00000112. The summed E-state index contributed by atoms with van der Waals surface area (Å²) in [5.41, 5.74) is 0. The van der Waals surface area contributed by atoms with Crippen LogP contribution in [0.3, 0.4) is 0 Å². The first-order valence-corrected chi connectivity index (χ1v) is 6.60. The molecule has 1 aliphatic heterocycles. The summed E-state index contributed by atoms with van der Waals surface area (Å²) in [6.07, 6.45) is 5.29. The van der Waals surface area contributed by atoms with Crippen LogP contribution in [0.5, 0.6) is 0 Å². The smallest absolute Gasteiger partial charge is 0.238 e. The van der Waals surface area contributed by atoms with E-state index < -0.39 is 0 Å². The van der Waals surface area contributed by atoms with Crippen LogP contribution in [0.2, 0.25) is 0 Å². The van der Waals surface area contributed by atoms with E-state index >= 15 is 0 Å². The molecular weight excluding hydrogens is 232 g/mol. The number of nitrogens with one attached hydrogen (secondary N) is 2. The Hall–Kier alpha value is 0.0700. The van der Waals surface area contributed by atoms with E-state index in [-0.39, 0.29) is 24.4 Å². The molecule has 0 aromatic carbocycles. The van der Waals surface area contributed by atoms with Crippen molar-refractivity contribution in [2.24, 2.45) is 5.92 Å². The molecule has 2 N–H and O–H groups in total. The molecule has 2 rings (SSSR count). The Bertz CT molecular complexity index is 204. The highest BCUT2D eigenvalue weighted by atomic mass is 35.5. The number of hydrogen-bond acceptors (Lipinski definition) is 3. The van der Waals surface area contributed by atoms with Crippen molar-refractivity contribution in [3.8, 4) is 0 Å². The van der Waals surface area contributed by atoms with E-state index in [1.54, 1.807) is 11.8 Å². The first kappa shape index (κ1) is 13.1. The maximum atomic E-state index is 11.6. The molecule has 15 heavy (non-hydrogen) atoms. The summed E-state index contributed by atoms with van der Waals surface area (Å²) in [5, 5.41) is 6.23. The Labute approximate surface area is 102 Å². The van der Waals surface area contributed by atoms with Crippen LogP contribution in [0.15, 0.2) is 0 Å². The molecule has 1 amide bonds. The highest BCUT2D eigenvalue weighted by molar-refractivity contribution is 7.99. The zero-order valence-corrected chi connectivity index (χ0v) is 10.5. The molecule has 0 unspecified atom stereocenters. The van der Waals surface area contributed by atoms with Gasteiger partial charge in [-0.25, -0.2) is 0 Å². The fraction of sp³-hybridized carbons (Fsp3) is 0.900. The quantitative estimate of drug-likeness (QED) is 0.795. The molecule has 88 valence electrons. The van der Waals surface area contributed by atoms with Crippen LogP contribution in [-0.4, -0.2) is 30.1 Å². The number of rotatable bonds is 3. The molecular formula is C10H19ClN2OS. The predicted octanol–water partition coefficient (Wildman–Crippen LogP) is 1.38. The summed E-state index contributed by atoms with van der Waals surface area (Å²) in [7, 11) is 0. The second-order valence-corrected chi connectivity index (χ2v) is 5.20. The average molecular weight is 251 g/mol. The zero-order valence-electron chi connectivity index (χ0n) is 8.83. The maximum absolute atomic E-state index is 11.6. The highest BCUT2D eigenvalue weighted by Gasteiger charge is 2.23. The lowest BCUT2D eigenvalue weighted by molar-refractivity contribution is -0.122. The standard InChI is InChI=1S/C10H18N2OS.ClH/c13-10(9-6-14-7-12-9)11-5-8-3-1-2-4-8;/h8-9,12H,1-7H2,(H,11,13);1H/t9-;/m1./s1. The van der Waals surface area contributed by atoms with Crippen LogP contribution in [-0.2, 0) is 4.79 Å². The lowest BCUT2D eigenvalue weighted by atomic mass is 10.1. The molecule has 1 atom stereocenters. The summed E-state index contributed by atoms with van der Waals surface area (Å²) >= 11 is 1.80. The third kappa shape index (κ3) is 3.85. The van der Waals surface area contributed by atoms with Crippen molar-refractivity contribution in [1.29, 1.82) is 0 Å². The molecule has 1 aliphatic carbocycles. The van der Waals surface area contributed by atoms with E-state index in [1.165, 1.54) is 25.7 Å². The maximum Gasteiger partial charge on any atom is 0.238 e. The number of amides is 1. The minimum atomic E-state index is 0. The van der Waals surface area contributed by atoms with Crippen molar-refractivity contribution in [1.82, 2.24) is 10.6 Å². The lowest BCUT2D eigenvalue weighted by Crippen LogP contribution is -2.43. The fourth-order valence-corrected chi connectivity index (χ4v) is 3.09. The van der Waals surface area contributed by atoms with Crippen molar-refractivity contribution < 1.29 is 4.79 Å². The SMILES string of the molecule is Cl.O=C(NCC1CCCC1)[C@H]1CSCN1. The van der Waals surface area contributed by atoms with Crippen molar-refractivity contribution in [2.75, 3.05) is 18.2 Å². The van der Waals surface area contributed by atoms with Gasteiger partial charge in [0.2, 0.25) is 5.91 Å². The minimum absolute atomic E-state index is 0. The molecule has 3 nitrogen and oxygen atoms in total. The van der Waals surface area contributed by atoms with E-state index in [4.69, 9.17) is 0 Å². The molecule has 1 saturated heterocycles. The Morgan fingerprint density at radius 3 is 2.73 bits per heavy atom. The second-order valence-electron chi connectivity index (χ2n) is 4.17. The fourth-order valence-electron chi connectivity index (χ4n) is 2.15. The average Bonchev–Trinajstić information content (AvgIpc) is 2.87. The molecule has 2 aliphatic rings. The van der Waals surface area contributed by atoms with Gasteiger partial charge in [0.25, 0.3) is 0 Å². The molecule has 0 radical (unpaired) electrons. The number of thioether (sulfide) groups is 1. The van der Waals surface area contributed by atoms with Gasteiger partial charge in [-0.1, -0.05) is 12.8 Å². The first-order chi connectivity index (χ1) is 6.86. The Kier molecular flexibility index (Phi) is 5.79. The van der Waals surface area contributed by atoms with Gasteiger partial charge < -0.3 is 5.32 Å². The van der Waals surface area contributed by atoms with E-state index in [2.05, 4.69) is 10.6 Å². The first-order valence-electron chi connectivity index (χ1n) is 5.45. The van der Waals surface area contributed by atoms with E-state index in [0.29, 0.717) is 0 Å². The van der Waals surface area contributed by atoms with E-state index in [9.17, 15) is 4.79 Å². The number of carbonyl (C=O) groups is 1. The molecule has 1 heterocycles. The second kappa shape index (κ2) is 6.61. The molecule has 5 heteroatoms. The number of carbonyl (C=O) groups excluding carboxylic acids is 1. The van der Waals surface area contributed by atoms with Crippen LogP contribution < -0.4 is 10.6 Å². The molecule has 1 saturated carbocycles. The lowest BCUT2D eigenvalue weighted by Gasteiger charge is -2.13. The largest absolute Gasteiger partial charge is 0.354 e. The van der Waals surface area contributed by atoms with Gasteiger partial charge in [0, 0.05) is 18.2 Å². The Morgan fingerprint density at radius 2 is 2.13 bits per heavy atom. The summed E-state index contributed by atoms with van der Waals surface area (Å²) in [4.78, 5) is 11.6. The zero-order chi connectivity index (χ0) is 9.80. The summed E-state index contributed by atoms with van der Waals surface area (Å²) in [5.74, 6) is 2.78. The van der Waals surface area contributed by atoms with Gasteiger partial charge in [-0.05, 0) is 18.8 Å². The van der Waals surface area contributed by atoms with Gasteiger partial charge in [-0.3, -0.25) is 10.1 Å². The summed E-state index contributed by atoms with van der Waals surface area (Å²) in [6.45, 7) is 0.891. The van der Waals surface area contributed by atoms with Gasteiger partial charge in [-0.2, -0.15) is 0 Å². The van der Waals surface area contributed by atoms with E-state index in [1.807, 2.05) is 0 Å². The third-order valence-electron chi connectivity index (χ3n) is 3.07. The van der Waals surface area contributed by atoms with Crippen LogP contribution in [0.25, 0.3) is 0 Å². The normalized spacial score (nSPS) is 26.3. The minimum Gasteiger partial charge on any atom is -0.354 e. The van der Waals surface area contributed by atoms with Gasteiger partial charge in [0.05, 0.1) is 6.04 Å². The highest BCUT2D eigenvalue weighted by Crippen LogP contribution is 2.23. The van der Waals surface area contributed by atoms with Gasteiger partial charge in [0.1, 0.15) is 0 Å². The van der Waals surface area contributed by atoms with Crippen molar-refractivity contribution in [3.63, 3.8) is 0 Å². The topological polar surface area (TPSA) is 41.1 Å². The van der Waals surface area contributed by atoms with Crippen molar-refractivity contribution in [3.05, 3.63) is 0 Å². The predicted molar refractivity (Wildman–Crippen MR) is 66.5 cm³/mol. The molecule has 0 aromatic heterocycles. The summed E-state index contributed by atoms with van der Waals surface area (Å²) in [6, 6.07) is 0.0569. The number of hydrogen-bond donors (Lipinski definition) is 2. The monoisotopic (exact) mass is 250 g/mol. The number of halogens is 1. The molecule has 0 bridgehead atoms.